The van der Waals surface area contributed by atoms with E-state index in [-0.39, 0.29) is 18.8 Å². The molecule has 0 aromatic heterocycles. The lowest BCUT2D eigenvalue weighted by atomic mass is 9.92. The maximum absolute atomic E-state index is 5.81. The molecule has 8 nitrogen and oxygen atoms in total. The van der Waals surface area contributed by atoms with Gasteiger partial charge in [0, 0.05) is 31.1 Å². The second kappa shape index (κ2) is 7.20. The molecule has 1 aromatic rings. The van der Waals surface area contributed by atoms with Crippen molar-refractivity contribution in [1.82, 2.24) is 4.90 Å². The van der Waals surface area contributed by atoms with E-state index in [1.807, 2.05) is 6.07 Å². The Morgan fingerprint density at radius 2 is 1.92 bits per heavy atom. The maximum Gasteiger partial charge on any atom is 0.231 e. The smallest absolute Gasteiger partial charge is 0.231 e. The molecule has 1 aromatic carbocycles. The Morgan fingerprint density at radius 3 is 2.65 bits per heavy atom. The van der Waals surface area contributed by atoms with E-state index in [4.69, 9.17) is 28.5 Å². The van der Waals surface area contributed by atoms with E-state index < -0.39 is 0 Å². The van der Waals surface area contributed by atoms with Gasteiger partial charge >= 0.3 is 0 Å². The number of morpholine rings is 1. The van der Waals surface area contributed by atoms with E-state index in [9.17, 15) is 0 Å². The van der Waals surface area contributed by atoms with Crippen molar-refractivity contribution in [1.29, 1.82) is 0 Å². The van der Waals surface area contributed by atoms with Crippen LogP contribution in [0.4, 0.5) is 0 Å². The summed E-state index contributed by atoms with van der Waals surface area (Å²) in [6.45, 7) is 6.40. The summed E-state index contributed by atoms with van der Waals surface area (Å²) in [5, 5.41) is 4.36. The lowest BCUT2D eigenvalue weighted by molar-refractivity contribution is 0.0449. The van der Waals surface area contributed by atoms with Gasteiger partial charge in [0.2, 0.25) is 18.3 Å². The van der Waals surface area contributed by atoms with Crippen molar-refractivity contribution in [2.24, 2.45) is 11.1 Å². The molecule has 2 unspecified atom stereocenters. The molecule has 3 aliphatic rings. The summed E-state index contributed by atoms with van der Waals surface area (Å²) in [4.78, 5) is 8.14. The van der Waals surface area contributed by atoms with E-state index in [1.54, 1.807) is 14.2 Å². The van der Waals surface area contributed by atoms with Crippen LogP contribution < -0.4 is 18.9 Å². The predicted molar refractivity (Wildman–Crippen MR) is 93.4 cm³/mol. The number of hydrogen-bond donors (Lipinski definition) is 0. The minimum absolute atomic E-state index is 0.108. The fourth-order valence-corrected chi connectivity index (χ4v) is 3.57. The van der Waals surface area contributed by atoms with Crippen LogP contribution in [0.5, 0.6) is 23.0 Å². The third-order valence-corrected chi connectivity index (χ3v) is 5.07. The van der Waals surface area contributed by atoms with Gasteiger partial charge in [-0.15, -0.1) is 0 Å². The molecule has 4 rings (SSSR count). The largest absolute Gasteiger partial charge is 0.493 e. The zero-order valence-corrected chi connectivity index (χ0v) is 15.3. The first kappa shape index (κ1) is 17.2. The molecule has 1 saturated heterocycles. The van der Waals surface area contributed by atoms with Crippen LogP contribution in [0.1, 0.15) is 18.6 Å². The Bertz CT molecular complexity index is 701. The summed E-state index contributed by atoms with van der Waals surface area (Å²) >= 11 is 0. The van der Waals surface area contributed by atoms with Crippen molar-refractivity contribution < 1.29 is 28.5 Å². The highest BCUT2D eigenvalue weighted by molar-refractivity contribution is 5.90. The van der Waals surface area contributed by atoms with Gasteiger partial charge < -0.3 is 28.5 Å². The maximum atomic E-state index is 5.81. The summed E-state index contributed by atoms with van der Waals surface area (Å²) in [6, 6.07) is 1.89. The van der Waals surface area contributed by atoms with E-state index in [2.05, 4.69) is 17.0 Å². The first-order valence-electron chi connectivity index (χ1n) is 8.80. The van der Waals surface area contributed by atoms with Crippen LogP contribution in [0.15, 0.2) is 11.2 Å². The molecule has 1 fully saturated rings. The molecule has 0 amide bonds. The van der Waals surface area contributed by atoms with Crippen LogP contribution in [-0.2, 0) is 9.57 Å². The number of ether oxygens (including phenoxy) is 5. The highest BCUT2D eigenvalue weighted by Crippen LogP contribution is 2.53. The van der Waals surface area contributed by atoms with Crippen LogP contribution >= 0.6 is 0 Å². The number of nitrogens with zero attached hydrogens (tertiary/aromatic N) is 2. The Balaban J connectivity index is 1.58. The van der Waals surface area contributed by atoms with Gasteiger partial charge in [0.05, 0.1) is 33.1 Å². The van der Waals surface area contributed by atoms with E-state index in [0.717, 1.165) is 44.1 Å². The second-order valence-corrected chi connectivity index (χ2v) is 6.55. The van der Waals surface area contributed by atoms with Crippen molar-refractivity contribution in [3.05, 3.63) is 11.6 Å². The van der Waals surface area contributed by atoms with E-state index in [0.29, 0.717) is 23.0 Å². The molecular weight excluding hydrogens is 340 g/mol. The third kappa shape index (κ3) is 2.93. The first-order chi connectivity index (χ1) is 12.7. The highest BCUT2D eigenvalue weighted by atomic mass is 16.7. The van der Waals surface area contributed by atoms with Crippen molar-refractivity contribution in [2.75, 3.05) is 53.9 Å². The number of benzene rings is 1. The highest BCUT2D eigenvalue weighted by Gasteiger charge is 2.38. The Hall–Kier alpha value is -2.19. The van der Waals surface area contributed by atoms with Crippen LogP contribution in [0.25, 0.3) is 0 Å². The standard InChI is InChI=1S/C18H24N2O6/c1-11-13(9-20-4-6-23-7-5-20)19-26-15(11)12-8-14(21-2)17-18(16(12)22-3)25-10-24-17/h8,11,15H,4-7,9-10H2,1-3H3. The van der Waals surface area contributed by atoms with Crippen molar-refractivity contribution in [3.8, 4) is 23.0 Å². The Morgan fingerprint density at radius 1 is 1.15 bits per heavy atom. The molecule has 0 spiro atoms. The summed E-state index contributed by atoms with van der Waals surface area (Å²) < 4.78 is 27.6. The van der Waals surface area contributed by atoms with E-state index >= 15 is 0 Å². The van der Waals surface area contributed by atoms with Gasteiger partial charge in [0.25, 0.3) is 0 Å². The predicted octanol–water partition coefficient (Wildman–Crippen LogP) is 1.83. The molecule has 0 aliphatic carbocycles. The second-order valence-electron chi connectivity index (χ2n) is 6.55. The number of hydrogen-bond acceptors (Lipinski definition) is 8. The van der Waals surface area contributed by atoms with Crippen LogP contribution in [0.3, 0.4) is 0 Å². The van der Waals surface area contributed by atoms with Crippen molar-refractivity contribution >= 4 is 5.71 Å². The third-order valence-electron chi connectivity index (χ3n) is 5.07. The molecule has 2 atom stereocenters. The van der Waals surface area contributed by atoms with Gasteiger partial charge in [0.15, 0.2) is 17.6 Å². The molecular formula is C18H24N2O6. The minimum atomic E-state index is -0.260. The van der Waals surface area contributed by atoms with Crippen molar-refractivity contribution in [2.45, 2.75) is 13.0 Å². The fraction of sp³-hybridized carbons (Fsp3) is 0.611. The SMILES string of the molecule is COc1cc(C2ON=C(CN3CCOCC3)C2C)c(OC)c2c1OCO2. The lowest BCUT2D eigenvalue weighted by Gasteiger charge is -2.27. The number of fused-ring (bicyclic) bond motifs is 1. The van der Waals surface area contributed by atoms with Gasteiger partial charge in [-0.1, -0.05) is 12.1 Å². The summed E-state index contributed by atoms with van der Waals surface area (Å²) in [5.41, 5.74) is 1.87. The molecule has 142 valence electrons. The Kier molecular flexibility index (Phi) is 4.78. The fourth-order valence-electron chi connectivity index (χ4n) is 3.57. The monoisotopic (exact) mass is 364 g/mol. The number of oxime groups is 1. The zero-order valence-electron chi connectivity index (χ0n) is 15.3. The molecule has 8 heteroatoms. The average Bonchev–Trinajstić information content (AvgIpc) is 3.29. The number of methoxy groups -OCH3 is 2. The molecule has 0 bridgehead atoms. The summed E-state index contributed by atoms with van der Waals surface area (Å²) in [7, 11) is 3.22. The first-order valence-corrected chi connectivity index (χ1v) is 8.80. The normalized spacial score (nSPS) is 25.0. The topological polar surface area (TPSA) is 71.0 Å². The summed E-state index contributed by atoms with van der Waals surface area (Å²) in [5.74, 6) is 2.44. The quantitative estimate of drug-likeness (QED) is 0.789. The Labute approximate surface area is 152 Å². The number of rotatable bonds is 5. The zero-order chi connectivity index (χ0) is 18.1. The van der Waals surface area contributed by atoms with E-state index in [1.165, 1.54) is 0 Å². The minimum Gasteiger partial charge on any atom is -0.493 e. The molecule has 0 saturated carbocycles. The van der Waals surface area contributed by atoms with Gasteiger partial charge in [-0.05, 0) is 6.07 Å². The molecule has 3 aliphatic heterocycles. The molecule has 0 radical (unpaired) electrons. The van der Waals surface area contributed by atoms with Gasteiger partial charge in [-0.25, -0.2) is 0 Å². The van der Waals surface area contributed by atoms with Crippen molar-refractivity contribution in [3.63, 3.8) is 0 Å². The van der Waals surface area contributed by atoms with Crippen LogP contribution in [0.2, 0.25) is 0 Å². The lowest BCUT2D eigenvalue weighted by Crippen LogP contribution is -2.40. The van der Waals surface area contributed by atoms with Crippen LogP contribution in [0, 0.1) is 5.92 Å². The molecule has 0 N–H and O–H groups in total. The van der Waals surface area contributed by atoms with Gasteiger partial charge in [-0.3, -0.25) is 4.90 Å². The van der Waals surface area contributed by atoms with Crippen LogP contribution in [-0.4, -0.2) is 64.5 Å². The van der Waals surface area contributed by atoms with Gasteiger partial charge in [-0.2, -0.15) is 0 Å². The summed E-state index contributed by atoms with van der Waals surface area (Å²) in [6.07, 6.45) is -0.260. The molecule has 26 heavy (non-hydrogen) atoms. The van der Waals surface area contributed by atoms with Gasteiger partial charge in [0.1, 0.15) is 0 Å². The average molecular weight is 364 g/mol. The molecule has 3 heterocycles.